The Balaban J connectivity index is 2.81. The van der Waals surface area contributed by atoms with Gasteiger partial charge >= 0.3 is 0 Å². The smallest absolute Gasteiger partial charge is 0.152 e. The SMILES string of the molecule is CN(C)CCN(C)c1ccc(Cl)cc1C=O. The number of anilines is 1. The summed E-state index contributed by atoms with van der Waals surface area (Å²) < 4.78 is 0. The van der Waals surface area contributed by atoms with Crippen molar-refractivity contribution in [3.63, 3.8) is 0 Å². The number of carbonyl (C=O) groups excluding carboxylic acids is 1. The van der Waals surface area contributed by atoms with Gasteiger partial charge in [-0.25, -0.2) is 0 Å². The Hall–Kier alpha value is -1.06. The molecule has 0 unspecified atom stereocenters. The molecule has 3 nitrogen and oxygen atoms in total. The van der Waals surface area contributed by atoms with Crippen molar-refractivity contribution in [2.45, 2.75) is 0 Å². The summed E-state index contributed by atoms with van der Waals surface area (Å²) in [6, 6.07) is 5.37. The second-order valence-corrected chi connectivity index (χ2v) is 4.48. The van der Waals surface area contributed by atoms with Crippen LogP contribution in [0.2, 0.25) is 5.02 Å². The van der Waals surface area contributed by atoms with E-state index in [4.69, 9.17) is 11.6 Å². The minimum atomic E-state index is 0.590. The van der Waals surface area contributed by atoms with Crippen molar-refractivity contribution < 1.29 is 4.79 Å². The molecule has 0 heterocycles. The van der Waals surface area contributed by atoms with Gasteiger partial charge in [-0.1, -0.05) is 11.6 Å². The number of carbonyl (C=O) groups is 1. The predicted octanol–water partition coefficient (Wildman–Crippen LogP) is 2.15. The summed E-state index contributed by atoms with van der Waals surface area (Å²) in [7, 11) is 6.02. The van der Waals surface area contributed by atoms with Gasteiger partial charge < -0.3 is 9.80 Å². The summed E-state index contributed by atoms with van der Waals surface area (Å²) in [5, 5.41) is 0.590. The zero-order valence-corrected chi connectivity index (χ0v) is 10.7. The normalized spacial score (nSPS) is 10.6. The molecule has 1 aromatic rings. The zero-order chi connectivity index (χ0) is 12.1. The Morgan fingerprint density at radius 2 is 1.94 bits per heavy atom. The number of rotatable bonds is 5. The lowest BCUT2D eigenvalue weighted by molar-refractivity contribution is 0.112. The van der Waals surface area contributed by atoms with Crippen molar-refractivity contribution in [1.29, 1.82) is 0 Å². The highest BCUT2D eigenvalue weighted by molar-refractivity contribution is 6.31. The van der Waals surface area contributed by atoms with Crippen molar-refractivity contribution in [2.24, 2.45) is 0 Å². The van der Waals surface area contributed by atoms with E-state index in [0.717, 1.165) is 25.1 Å². The van der Waals surface area contributed by atoms with Crippen molar-refractivity contribution >= 4 is 23.6 Å². The minimum absolute atomic E-state index is 0.590. The van der Waals surface area contributed by atoms with Gasteiger partial charge in [-0.15, -0.1) is 0 Å². The largest absolute Gasteiger partial charge is 0.373 e. The predicted molar refractivity (Wildman–Crippen MR) is 68.7 cm³/mol. The Bertz CT molecular complexity index is 366. The van der Waals surface area contributed by atoms with Crippen LogP contribution in [0.5, 0.6) is 0 Å². The Labute approximate surface area is 102 Å². The van der Waals surface area contributed by atoms with Crippen LogP contribution in [0.3, 0.4) is 0 Å². The van der Waals surface area contributed by atoms with Crippen molar-refractivity contribution in [1.82, 2.24) is 4.90 Å². The molecule has 88 valence electrons. The molecule has 1 rings (SSSR count). The third-order valence-electron chi connectivity index (χ3n) is 2.41. The van der Waals surface area contributed by atoms with Gasteiger partial charge in [0, 0.05) is 36.4 Å². The van der Waals surface area contributed by atoms with E-state index in [1.165, 1.54) is 0 Å². The Morgan fingerprint density at radius 1 is 1.25 bits per heavy atom. The molecule has 0 radical (unpaired) electrons. The lowest BCUT2D eigenvalue weighted by Gasteiger charge is -2.22. The van der Waals surface area contributed by atoms with Gasteiger partial charge in [-0.3, -0.25) is 4.79 Å². The van der Waals surface area contributed by atoms with Crippen LogP contribution in [-0.4, -0.2) is 45.4 Å². The first kappa shape index (κ1) is 13.0. The van der Waals surface area contributed by atoms with Gasteiger partial charge in [0.25, 0.3) is 0 Å². The zero-order valence-electron chi connectivity index (χ0n) is 9.90. The number of aldehydes is 1. The molecule has 0 amide bonds. The molecule has 0 aliphatic carbocycles. The molecule has 0 saturated carbocycles. The molecule has 0 atom stereocenters. The highest BCUT2D eigenvalue weighted by Gasteiger charge is 2.07. The molecular weight excluding hydrogens is 224 g/mol. The molecule has 0 aliphatic rings. The van der Waals surface area contributed by atoms with Gasteiger partial charge in [-0.05, 0) is 32.3 Å². The average Bonchev–Trinajstić information content (AvgIpc) is 2.25. The van der Waals surface area contributed by atoms with Crippen LogP contribution in [-0.2, 0) is 0 Å². The van der Waals surface area contributed by atoms with Crippen LogP contribution in [0, 0.1) is 0 Å². The first-order valence-corrected chi connectivity index (χ1v) is 5.53. The topological polar surface area (TPSA) is 23.6 Å². The summed E-state index contributed by atoms with van der Waals surface area (Å²) in [6.45, 7) is 1.81. The Kier molecular flexibility index (Phi) is 4.77. The van der Waals surface area contributed by atoms with E-state index >= 15 is 0 Å². The standard InChI is InChI=1S/C12H17ClN2O/c1-14(2)6-7-15(3)12-5-4-11(13)8-10(12)9-16/h4-5,8-9H,6-7H2,1-3H3. The van der Waals surface area contributed by atoms with E-state index in [2.05, 4.69) is 9.80 Å². The van der Waals surface area contributed by atoms with Crippen molar-refractivity contribution in [3.05, 3.63) is 28.8 Å². The van der Waals surface area contributed by atoms with E-state index in [-0.39, 0.29) is 0 Å². The van der Waals surface area contributed by atoms with E-state index < -0.39 is 0 Å². The van der Waals surface area contributed by atoms with E-state index in [1.54, 1.807) is 12.1 Å². The molecule has 4 heteroatoms. The molecule has 0 saturated heterocycles. The first-order valence-electron chi connectivity index (χ1n) is 5.15. The molecule has 0 aromatic heterocycles. The highest BCUT2D eigenvalue weighted by Crippen LogP contribution is 2.21. The lowest BCUT2D eigenvalue weighted by Crippen LogP contribution is -2.29. The van der Waals surface area contributed by atoms with Crippen molar-refractivity contribution in [3.8, 4) is 0 Å². The molecule has 0 fully saturated rings. The fourth-order valence-electron chi connectivity index (χ4n) is 1.44. The fourth-order valence-corrected chi connectivity index (χ4v) is 1.62. The van der Waals surface area contributed by atoms with Gasteiger partial charge in [0.2, 0.25) is 0 Å². The number of hydrogen-bond donors (Lipinski definition) is 0. The van der Waals surface area contributed by atoms with Crippen LogP contribution >= 0.6 is 11.6 Å². The quantitative estimate of drug-likeness (QED) is 0.737. The summed E-state index contributed by atoms with van der Waals surface area (Å²) in [6.07, 6.45) is 0.841. The Morgan fingerprint density at radius 3 is 2.50 bits per heavy atom. The number of nitrogens with zero attached hydrogens (tertiary/aromatic N) is 2. The maximum absolute atomic E-state index is 10.9. The van der Waals surface area contributed by atoms with Crippen LogP contribution in [0.25, 0.3) is 0 Å². The summed E-state index contributed by atoms with van der Waals surface area (Å²) in [4.78, 5) is 15.1. The van der Waals surface area contributed by atoms with Crippen LogP contribution in [0.15, 0.2) is 18.2 Å². The maximum Gasteiger partial charge on any atom is 0.152 e. The summed E-state index contributed by atoms with van der Waals surface area (Å²) in [5.74, 6) is 0. The average molecular weight is 241 g/mol. The third kappa shape index (κ3) is 3.51. The van der Waals surface area contributed by atoms with E-state index in [9.17, 15) is 4.79 Å². The number of hydrogen-bond acceptors (Lipinski definition) is 3. The van der Waals surface area contributed by atoms with E-state index in [0.29, 0.717) is 10.6 Å². The van der Waals surface area contributed by atoms with Gasteiger partial charge in [0.1, 0.15) is 0 Å². The highest BCUT2D eigenvalue weighted by atomic mass is 35.5. The summed E-state index contributed by atoms with van der Waals surface area (Å²) >= 11 is 5.84. The van der Waals surface area contributed by atoms with Crippen LogP contribution in [0.1, 0.15) is 10.4 Å². The van der Waals surface area contributed by atoms with Crippen LogP contribution < -0.4 is 4.90 Å². The van der Waals surface area contributed by atoms with Gasteiger partial charge in [-0.2, -0.15) is 0 Å². The van der Waals surface area contributed by atoms with E-state index in [1.807, 2.05) is 27.2 Å². The van der Waals surface area contributed by atoms with Crippen LogP contribution in [0.4, 0.5) is 5.69 Å². The lowest BCUT2D eigenvalue weighted by atomic mass is 10.2. The molecular formula is C12H17ClN2O. The van der Waals surface area contributed by atoms with Gasteiger partial charge in [0.15, 0.2) is 6.29 Å². The van der Waals surface area contributed by atoms with Gasteiger partial charge in [0.05, 0.1) is 0 Å². The van der Waals surface area contributed by atoms with Crippen molar-refractivity contribution in [2.75, 3.05) is 39.1 Å². The number of halogens is 1. The fraction of sp³-hybridized carbons (Fsp3) is 0.417. The first-order chi connectivity index (χ1) is 7.54. The molecule has 0 spiro atoms. The second-order valence-electron chi connectivity index (χ2n) is 4.05. The maximum atomic E-state index is 10.9. The molecule has 0 bridgehead atoms. The molecule has 0 N–H and O–H groups in total. The third-order valence-corrected chi connectivity index (χ3v) is 2.65. The number of benzene rings is 1. The molecule has 16 heavy (non-hydrogen) atoms. The molecule has 1 aromatic carbocycles. The minimum Gasteiger partial charge on any atom is -0.373 e. The summed E-state index contributed by atoms with van der Waals surface area (Å²) in [5.41, 5.74) is 1.55. The second kappa shape index (κ2) is 5.87. The molecule has 0 aliphatic heterocycles. The monoisotopic (exact) mass is 240 g/mol. The number of likely N-dealkylation sites (N-methyl/N-ethyl adjacent to an activating group) is 2.